The smallest absolute Gasteiger partial charge is 0.308 e. The highest BCUT2D eigenvalue weighted by Gasteiger charge is 2.40. The fourth-order valence-electron chi connectivity index (χ4n) is 3.39. The number of halogens is 1. The van der Waals surface area contributed by atoms with Gasteiger partial charge in [0.15, 0.2) is 5.11 Å². The Morgan fingerprint density at radius 2 is 2.16 bits per heavy atom. The van der Waals surface area contributed by atoms with E-state index in [1.807, 2.05) is 24.0 Å². The molecule has 1 aromatic carbocycles. The van der Waals surface area contributed by atoms with Crippen LogP contribution in [0.2, 0.25) is 5.02 Å². The number of likely N-dealkylation sites (tertiary alicyclic amines) is 2. The molecule has 134 valence electrons. The third-order valence-electron chi connectivity index (χ3n) is 4.83. The van der Waals surface area contributed by atoms with Crippen molar-refractivity contribution in [1.29, 1.82) is 0 Å². The Morgan fingerprint density at radius 3 is 2.80 bits per heavy atom. The number of aryl methyl sites for hydroxylation is 1. The Hall–Kier alpha value is -1.86. The van der Waals surface area contributed by atoms with E-state index < -0.39 is 11.9 Å². The van der Waals surface area contributed by atoms with E-state index in [4.69, 9.17) is 28.9 Å². The Balaban J connectivity index is 1.60. The minimum Gasteiger partial charge on any atom is -0.481 e. The number of rotatable bonds is 3. The van der Waals surface area contributed by atoms with Crippen molar-refractivity contribution in [2.75, 3.05) is 25.0 Å². The zero-order valence-corrected chi connectivity index (χ0v) is 15.4. The predicted molar refractivity (Wildman–Crippen MR) is 99.8 cm³/mol. The number of nitrogens with zero attached hydrogens (tertiary/aromatic N) is 2. The van der Waals surface area contributed by atoms with Crippen molar-refractivity contribution in [3.8, 4) is 0 Å². The summed E-state index contributed by atoms with van der Waals surface area (Å²) in [5.41, 5.74) is 1.91. The molecule has 2 atom stereocenters. The zero-order chi connectivity index (χ0) is 18.1. The molecule has 8 heteroatoms. The van der Waals surface area contributed by atoms with E-state index in [9.17, 15) is 9.59 Å². The van der Waals surface area contributed by atoms with Gasteiger partial charge in [-0.05, 0) is 49.3 Å². The molecular weight excluding hydrogens is 362 g/mol. The molecule has 2 N–H and O–H groups in total. The fraction of sp³-hybridized carbons (Fsp3) is 0.471. The molecular formula is C17H20ClN3O3S. The molecule has 2 aliphatic rings. The molecule has 0 aliphatic carbocycles. The molecule has 0 radical (unpaired) electrons. The summed E-state index contributed by atoms with van der Waals surface area (Å²) in [6.07, 6.45) is 0.887. The number of thiocarbonyl (C=S) groups is 1. The molecule has 2 unspecified atom stereocenters. The van der Waals surface area contributed by atoms with Crippen LogP contribution >= 0.6 is 23.8 Å². The van der Waals surface area contributed by atoms with Crippen molar-refractivity contribution in [3.05, 3.63) is 28.8 Å². The fourth-order valence-corrected chi connectivity index (χ4v) is 3.89. The van der Waals surface area contributed by atoms with Crippen molar-refractivity contribution >= 4 is 46.5 Å². The first kappa shape index (κ1) is 17.9. The molecule has 6 nitrogen and oxygen atoms in total. The van der Waals surface area contributed by atoms with Crippen LogP contribution in [0.25, 0.3) is 0 Å². The molecule has 2 aliphatic heterocycles. The summed E-state index contributed by atoms with van der Waals surface area (Å²) in [6.45, 7) is 3.61. The number of benzene rings is 1. The van der Waals surface area contributed by atoms with Crippen LogP contribution in [0, 0.1) is 12.8 Å². The minimum absolute atomic E-state index is 0.0166. The number of nitrogens with one attached hydrogen (secondary N) is 1. The third-order valence-corrected chi connectivity index (χ3v) is 5.42. The van der Waals surface area contributed by atoms with Crippen LogP contribution < -0.4 is 5.32 Å². The summed E-state index contributed by atoms with van der Waals surface area (Å²) in [5.74, 6) is -1.57. The topological polar surface area (TPSA) is 72.9 Å². The van der Waals surface area contributed by atoms with Gasteiger partial charge in [0.05, 0.1) is 12.0 Å². The molecule has 25 heavy (non-hydrogen) atoms. The molecule has 1 amide bonds. The Labute approximate surface area is 156 Å². The summed E-state index contributed by atoms with van der Waals surface area (Å²) in [4.78, 5) is 26.9. The van der Waals surface area contributed by atoms with E-state index in [1.165, 1.54) is 0 Å². The van der Waals surface area contributed by atoms with Crippen LogP contribution in [-0.4, -0.2) is 57.6 Å². The maximum absolute atomic E-state index is 12.1. The van der Waals surface area contributed by atoms with Gasteiger partial charge < -0.3 is 20.2 Å². The van der Waals surface area contributed by atoms with Gasteiger partial charge in [-0.15, -0.1) is 0 Å². The van der Waals surface area contributed by atoms with Crippen LogP contribution in [0.15, 0.2) is 18.2 Å². The van der Waals surface area contributed by atoms with Gasteiger partial charge in [0.2, 0.25) is 5.91 Å². The van der Waals surface area contributed by atoms with Gasteiger partial charge in [0.25, 0.3) is 0 Å². The van der Waals surface area contributed by atoms with Crippen molar-refractivity contribution in [1.82, 2.24) is 9.80 Å². The van der Waals surface area contributed by atoms with E-state index in [0.717, 1.165) is 24.2 Å². The molecule has 0 bridgehead atoms. The Kier molecular flexibility index (Phi) is 5.15. The number of aliphatic carboxylic acids is 1. The first-order chi connectivity index (χ1) is 11.8. The highest BCUT2D eigenvalue weighted by atomic mass is 35.5. The molecule has 3 rings (SSSR count). The summed E-state index contributed by atoms with van der Waals surface area (Å²) in [6, 6.07) is 5.58. The van der Waals surface area contributed by atoms with Crippen LogP contribution in [0.4, 0.5) is 5.69 Å². The van der Waals surface area contributed by atoms with Crippen LogP contribution in [0.3, 0.4) is 0 Å². The summed E-state index contributed by atoms with van der Waals surface area (Å²) in [5, 5.41) is 13.6. The summed E-state index contributed by atoms with van der Waals surface area (Å²) < 4.78 is 0. The molecule has 1 aromatic rings. The van der Waals surface area contributed by atoms with Gasteiger partial charge in [-0.2, -0.15) is 0 Å². The second kappa shape index (κ2) is 7.17. The second-order valence-corrected chi connectivity index (χ2v) is 7.39. The molecule has 2 heterocycles. The number of amides is 1. The number of hydrogen-bond acceptors (Lipinski definition) is 3. The average molecular weight is 382 g/mol. The third kappa shape index (κ3) is 3.88. The average Bonchev–Trinajstić information content (AvgIpc) is 3.16. The maximum Gasteiger partial charge on any atom is 0.308 e. The van der Waals surface area contributed by atoms with Crippen LogP contribution in [0.1, 0.15) is 18.4 Å². The van der Waals surface area contributed by atoms with Gasteiger partial charge in [-0.25, -0.2) is 0 Å². The monoisotopic (exact) mass is 381 g/mol. The van der Waals surface area contributed by atoms with E-state index in [-0.39, 0.29) is 18.4 Å². The van der Waals surface area contributed by atoms with Crippen LogP contribution in [0.5, 0.6) is 0 Å². The number of carbonyl (C=O) groups is 2. The SMILES string of the molecule is Cc1cc(Cl)ccc1NC(=S)N1CCC(N2CC(C(=O)O)CC2=O)C1. The van der Waals surface area contributed by atoms with E-state index in [1.54, 1.807) is 11.0 Å². The lowest BCUT2D eigenvalue weighted by molar-refractivity contribution is -0.141. The zero-order valence-electron chi connectivity index (χ0n) is 13.9. The maximum atomic E-state index is 12.1. The Morgan fingerprint density at radius 1 is 1.40 bits per heavy atom. The van der Waals surface area contributed by atoms with Crippen molar-refractivity contribution in [2.45, 2.75) is 25.8 Å². The second-order valence-electron chi connectivity index (χ2n) is 6.56. The Bertz CT molecular complexity index is 727. The highest BCUT2D eigenvalue weighted by Crippen LogP contribution is 2.26. The first-order valence-electron chi connectivity index (χ1n) is 8.19. The summed E-state index contributed by atoms with van der Waals surface area (Å²) in [7, 11) is 0. The largest absolute Gasteiger partial charge is 0.481 e. The standard InChI is InChI=1S/C17H20ClN3O3S/c1-10-6-12(18)2-3-14(10)19-17(25)20-5-4-13(9-20)21-8-11(16(23)24)7-15(21)22/h2-3,6,11,13H,4-5,7-9H2,1H3,(H,19,25)(H,23,24). The minimum atomic E-state index is -0.902. The van der Waals surface area contributed by atoms with Gasteiger partial charge in [0, 0.05) is 36.8 Å². The number of anilines is 1. The van der Waals surface area contributed by atoms with E-state index in [0.29, 0.717) is 23.2 Å². The molecule has 0 aromatic heterocycles. The molecule has 2 fully saturated rings. The molecule has 0 spiro atoms. The lowest BCUT2D eigenvalue weighted by Gasteiger charge is -2.26. The number of hydrogen-bond donors (Lipinski definition) is 2. The van der Waals surface area contributed by atoms with Crippen LogP contribution in [-0.2, 0) is 9.59 Å². The quantitative estimate of drug-likeness (QED) is 0.783. The van der Waals surface area contributed by atoms with E-state index in [2.05, 4.69) is 5.32 Å². The lowest BCUT2D eigenvalue weighted by atomic mass is 10.1. The first-order valence-corrected chi connectivity index (χ1v) is 8.98. The normalized spacial score (nSPS) is 23.2. The van der Waals surface area contributed by atoms with Gasteiger partial charge >= 0.3 is 5.97 Å². The highest BCUT2D eigenvalue weighted by molar-refractivity contribution is 7.80. The number of carboxylic acids is 1. The molecule has 0 saturated carbocycles. The van der Waals surface area contributed by atoms with Crippen molar-refractivity contribution < 1.29 is 14.7 Å². The van der Waals surface area contributed by atoms with Gasteiger partial charge in [0.1, 0.15) is 0 Å². The predicted octanol–water partition coefficient (Wildman–Crippen LogP) is 2.35. The summed E-state index contributed by atoms with van der Waals surface area (Å²) >= 11 is 11.5. The van der Waals surface area contributed by atoms with E-state index >= 15 is 0 Å². The number of carboxylic acid groups (broad SMARTS) is 1. The van der Waals surface area contributed by atoms with Crippen molar-refractivity contribution in [3.63, 3.8) is 0 Å². The lowest BCUT2D eigenvalue weighted by Crippen LogP contribution is -2.41. The van der Waals surface area contributed by atoms with Crippen molar-refractivity contribution in [2.24, 2.45) is 5.92 Å². The van der Waals surface area contributed by atoms with Gasteiger partial charge in [-0.3, -0.25) is 9.59 Å². The molecule has 2 saturated heterocycles. The van der Waals surface area contributed by atoms with Gasteiger partial charge in [-0.1, -0.05) is 11.6 Å². The number of carbonyl (C=O) groups excluding carboxylic acids is 1.